The Kier molecular flexibility index (Phi) is 1.98. The number of nitrogen functional groups attached to an aromatic ring is 1. The second kappa shape index (κ2) is 3.29. The molecule has 2 aromatic rings. The van der Waals surface area contributed by atoms with E-state index >= 15 is 0 Å². The predicted molar refractivity (Wildman–Crippen MR) is 52.4 cm³/mol. The first-order chi connectivity index (χ1) is 6.77. The summed E-state index contributed by atoms with van der Waals surface area (Å²) >= 11 is 0. The fourth-order valence-corrected chi connectivity index (χ4v) is 1.11. The van der Waals surface area contributed by atoms with E-state index in [9.17, 15) is 0 Å². The Hall–Kier alpha value is -2.17. The molecule has 0 saturated carbocycles. The average Bonchev–Trinajstić information content (AvgIpc) is 2.71. The summed E-state index contributed by atoms with van der Waals surface area (Å²) in [6, 6.07) is 5.33. The van der Waals surface area contributed by atoms with Crippen molar-refractivity contribution in [1.29, 1.82) is 5.41 Å². The molecule has 0 fully saturated rings. The van der Waals surface area contributed by atoms with E-state index in [-0.39, 0.29) is 5.84 Å². The topological polar surface area (TPSA) is 80.6 Å². The van der Waals surface area contributed by atoms with Gasteiger partial charge in [0.2, 0.25) is 0 Å². The number of amidine groups is 1. The van der Waals surface area contributed by atoms with Crippen LogP contribution in [-0.2, 0) is 0 Å². The molecule has 0 aliphatic carbocycles. The minimum absolute atomic E-state index is 0.0352. The van der Waals surface area contributed by atoms with Gasteiger partial charge in [-0.2, -0.15) is 0 Å². The second-order valence-electron chi connectivity index (χ2n) is 2.76. The number of nitrogens with two attached hydrogens (primary N) is 1. The number of aromatic nitrogens is 3. The van der Waals surface area contributed by atoms with Gasteiger partial charge in [0.05, 0.1) is 0 Å². The summed E-state index contributed by atoms with van der Waals surface area (Å²) in [5.74, 6) is 0.669. The molecule has 0 amide bonds. The molecular weight excluding hydrogens is 178 g/mol. The number of nitrogens with zero attached hydrogens (tertiary/aromatic N) is 3. The van der Waals surface area contributed by atoms with Crippen LogP contribution in [0.5, 0.6) is 0 Å². The molecule has 0 spiro atoms. The van der Waals surface area contributed by atoms with Crippen molar-refractivity contribution in [3.05, 3.63) is 42.6 Å². The van der Waals surface area contributed by atoms with Gasteiger partial charge in [0.25, 0.3) is 0 Å². The van der Waals surface area contributed by atoms with E-state index in [1.54, 1.807) is 35.4 Å². The Labute approximate surface area is 80.7 Å². The lowest BCUT2D eigenvalue weighted by Crippen LogP contribution is -2.13. The van der Waals surface area contributed by atoms with Crippen molar-refractivity contribution in [3.8, 4) is 5.82 Å². The van der Waals surface area contributed by atoms with Crippen LogP contribution in [0.3, 0.4) is 0 Å². The minimum atomic E-state index is -0.0352. The summed E-state index contributed by atoms with van der Waals surface area (Å²) < 4.78 is 1.76. The van der Waals surface area contributed by atoms with Gasteiger partial charge < -0.3 is 5.73 Å². The van der Waals surface area contributed by atoms with Crippen LogP contribution in [0.1, 0.15) is 5.69 Å². The molecule has 2 aromatic heterocycles. The van der Waals surface area contributed by atoms with Crippen LogP contribution in [0.2, 0.25) is 0 Å². The molecule has 5 nitrogen and oxygen atoms in total. The zero-order valence-corrected chi connectivity index (χ0v) is 7.38. The van der Waals surface area contributed by atoms with E-state index in [4.69, 9.17) is 11.1 Å². The first-order valence-corrected chi connectivity index (χ1v) is 4.07. The SMILES string of the molecule is N=C(N)c1cccc(-n2ccnc2)n1. The monoisotopic (exact) mass is 187 g/mol. The van der Waals surface area contributed by atoms with Gasteiger partial charge in [-0.1, -0.05) is 6.07 Å². The van der Waals surface area contributed by atoms with E-state index in [1.807, 2.05) is 6.07 Å². The van der Waals surface area contributed by atoms with Crippen molar-refractivity contribution in [2.24, 2.45) is 5.73 Å². The van der Waals surface area contributed by atoms with Crippen LogP contribution in [0, 0.1) is 5.41 Å². The molecule has 3 N–H and O–H groups in total. The second-order valence-corrected chi connectivity index (χ2v) is 2.76. The van der Waals surface area contributed by atoms with Gasteiger partial charge in [-0.05, 0) is 12.1 Å². The Balaban J connectivity index is 2.46. The highest BCUT2D eigenvalue weighted by atomic mass is 15.1. The van der Waals surface area contributed by atoms with Crippen molar-refractivity contribution in [2.75, 3.05) is 0 Å². The Morgan fingerprint density at radius 2 is 2.29 bits per heavy atom. The molecule has 14 heavy (non-hydrogen) atoms. The van der Waals surface area contributed by atoms with Gasteiger partial charge >= 0.3 is 0 Å². The summed E-state index contributed by atoms with van der Waals surface area (Å²) in [4.78, 5) is 8.10. The zero-order chi connectivity index (χ0) is 9.97. The Morgan fingerprint density at radius 1 is 1.43 bits per heavy atom. The number of imidazole rings is 1. The Morgan fingerprint density at radius 3 is 2.93 bits per heavy atom. The molecule has 5 heteroatoms. The maximum Gasteiger partial charge on any atom is 0.141 e. The minimum Gasteiger partial charge on any atom is -0.382 e. The van der Waals surface area contributed by atoms with E-state index in [0.29, 0.717) is 11.5 Å². The molecule has 0 bridgehead atoms. The molecule has 0 atom stereocenters. The number of nitrogens with one attached hydrogen (secondary N) is 1. The molecule has 0 aromatic carbocycles. The third-order valence-electron chi connectivity index (χ3n) is 1.78. The highest BCUT2D eigenvalue weighted by Crippen LogP contribution is 2.04. The van der Waals surface area contributed by atoms with Gasteiger partial charge in [-0.15, -0.1) is 0 Å². The third-order valence-corrected chi connectivity index (χ3v) is 1.78. The van der Waals surface area contributed by atoms with Crippen molar-refractivity contribution in [3.63, 3.8) is 0 Å². The van der Waals surface area contributed by atoms with E-state index in [0.717, 1.165) is 0 Å². The summed E-state index contributed by atoms with van der Waals surface area (Å²) in [6.07, 6.45) is 5.10. The highest BCUT2D eigenvalue weighted by Gasteiger charge is 2.00. The number of hydrogen-bond acceptors (Lipinski definition) is 3. The van der Waals surface area contributed by atoms with Crippen LogP contribution in [0.25, 0.3) is 5.82 Å². The molecule has 0 aliphatic rings. The summed E-state index contributed by atoms with van der Waals surface area (Å²) in [6.45, 7) is 0. The van der Waals surface area contributed by atoms with Crippen molar-refractivity contribution < 1.29 is 0 Å². The summed E-state index contributed by atoms with van der Waals surface area (Å²) in [5.41, 5.74) is 5.80. The lowest BCUT2D eigenvalue weighted by Gasteiger charge is -2.02. The first-order valence-electron chi connectivity index (χ1n) is 4.07. The smallest absolute Gasteiger partial charge is 0.141 e. The van der Waals surface area contributed by atoms with Crippen molar-refractivity contribution >= 4 is 5.84 Å². The standard InChI is InChI=1S/C9H9N5/c10-9(11)7-2-1-3-8(13-7)14-5-4-12-6-14/h1-6H,(H3,10,11). The molecule has 2 heterocycles. The molecule has 0 unspecified atom stereocenters. The highest BCUT2D eigenvalue weighted by molar-refractivity contribution is 5.93. The van der Waals surface area contributed by atoms with Gasteiger partial charge in [-0.25, -0.2) is 9.97 Å². The first kappa shape index (κ1) is 8.43. The van der Waals surface area contributed by atoms with Crippen molar-refractivity contribution in [2.45, 2.75) is 0 Å². The number of pyridine rings is 1. The maximum absolute atomic E-state index is 7.25. The van der Waals surface area contributed by atoms with E-state index < -0.39 is 0 Å². The Bertz CT molecular complexity index is 446. The van der Waals surface area contributed by atoms with E-state index in [1.165, 1.54) is 0 Å². The maximum atomic E-state index is 7.25. The van der Waals surface area contributed by atoms with Gasteiger partial charge in [0, 0.05) is 12.4 Å². The fraction of sp³-hybridized carbons (Fsp3) is 0. The third kappa shape index (κ3) is 1.47. The van der Waals surface area contributed by atoms with Gasteiger partial charge in [0.15, 0.2) is 0 Å². The zero-order valence-electron chi connectivity index (χ0n) is 7.38. The lowest BCUT2D eigenvalue weighted by atomic mass is 10.3. The lowest BCUT2D eigenvalue weighted by molar-refractivity contribution is 0.987. The van der Waals surface area contributed by atoms with Crippen LogP contribution in [0.15, 0.2) is 36.9 Å². The van der Waals surface area contributed by atoms with E-state index in [2.05, 4.69) is 9.97 Å². The summed E-state index contributed by atoms with van der Waals surface area (Å²) in [5, 5.41) is 7.25. The molecule has 0 saturated heterocycles. The molecule has 2 rings (SSSR count). The largest absolute Gasteiger partial charge is 0.382 e. The van der Waals surface area contributed by atoms with Gasteiger partial charge in [-0.3, -0.25) is 9.98 Å². The average molecular weight is 187 g/mol. The van der Waals surface area contributed by atoms with Crippen molar-refractivity contribution in [1.82, 2.24) is 14.5 Å². The summed E-state index contributed by atoms with van der Waals surface area (Å²) in [7, 11) is 0. The quantitative estimate of drug-likeness (QED) is 0.532. The number of hydrogen-bond donors (Lipinski definition) is 2. The van der Waals surface area contributed by atoms with Gasteiger partial charge in [0.1, 0.15) is 23.7 Å². The molecule has 0 aliphatic heterocycles. The molecular formula is C9H9N5. The number of rotatable bonds is 2. The molecule has 70 valence electrons. The molecule has 0 radical (unpaired) electrons. The van der Waals surface area contributed by atoms with Crippen LogP contribution in [-0.4, -0.2) is 20.4 Å². The fourth-order valence-electron chi connectivity index (χ4n) is 1.11. The van der Waals surface area contributed by atoms with Crippen LogP contribution >= 0.6 is 0 Å². The normalized spacial score (nSPS) is 10.0. The van der Waals surface area contributed by atoms with Crippen LogP contribution < -0.4 is 5.73 Å². The van der Waals surface area contributed by atoms with Crippen LogP contribution in [0.4, 0.5) is 0 Å². The predicted octanol–water partition coefficient (Wildman–Crippen LogP) is 0.551.